The van der Waals surface area contributed by atoms with Crippen LogP contribution in [0, 0.1) is 6.92 Å². The van der Waals surface area contributed by atoms with Crippen molar-refractivity contribution in [1.82, 2.24) is 9.97 Å². The fourth-order valence-electron chi connectivity index (χ4n) is 2.52. The van der Waals surface area contributed by atoms with Gasteiger partial charge in [0.1, 0.15) is 5.75 Å². The van der Waals surface area contributed by atoms with Gasteiger partial charge in [0.25, 0.3) is 0 Å². The minimum atomic E-state index is 0.175. The standard InChI is InChI=1S/C20H24N2OS/c1-14-5-10-17-18(13-14)22-19(21-17)24-12-11-23-16-8-6-15(7-9-16)20(2,3)4/h5-10,13H,11-12H2,1-4H3,(H,21,22). The van der Waals surface area contributed by atoms with Gasteiger partial charge in [0, 0.05) is 5.75 Å². The third-order valence-electron chi connectivity index (χ3n) is 3.93. The fourth-order valence-corrected chi connectivity index (χ4v) is 3.22. The summed E-state index contributed by atoms with van der Waals surface area (Å²) >= 11 is 1.69. The molecule has 0 spiro atoms. The van der Waals surface area contributed by atoms with E-state index in [0.717, 1.165) is 27.7 Å². The molecule has 1 N–H and O–H groups in total. The Bertz CT molecular complexity index is 816. The van der Waals surface area contributed by atoms with Crippen molar-refractivity contribution in [3.05, 3.63) is 53.6 Å². The van der Waals surface area contributed by atoms with Crippen LogP contribution in [0.15, 0.2) is 47.6 Å². The predicted molar refractivity (Wildman–Crippen MR) is 102 cm³/mol. The van der Waals surface area contributed by atoms with Crippen LogP contribution in [-0.2, 0) is 5.41 Å². The van der Waals surface area contributed by atoms with Crippen LogP contribution in [0.3, 0.4) is 0 Å². The molecule has 0 fully saturated rings. The number of nitrogens with one attached hydrogen (secondary N) is 1. The number of H-pyrrole nitrogens is 1. The maximum atomic E-state index is 5.83. The molecular formula is C20H24N2OS. The lowest BCUT2D eigenvalue weighted by Gasteiger charge is -2.19. The molecule has 0 radical (unpaired) electrons. The Hall–Kier alpha value is -1.94. The van der Waals surface area contributed by atoms with Crippen LogP contribution in [0.4, 0.5) is 0 Å². The molecule has 24 heavy (non-hydrogen) atoms. The van der Waals surface area contributed by atoms with E-state index in [2.05, 4.69) is 80.1 Å². The highest BCUT2D eigenvalue weighted by molar-refractivity contribution is 7.99. The summed E-state index contributed by atoms with van der Waals surface area (Å²) in [7, 11) is 0. The molecule has 0 amide bonds. The summed E-state index contributed by atoms with van der Waals surface area (Å²) < 4.78 is 5.83. The molecule has 3 aromatic rings. The van der Waals surface area contributed by atoms with Gasteiger partial charge in [-0.05, 0) is 47.7 Å². The first-order valence-corrected chi connectivity index (χ1v) is 9.23. The van der Waals surface area contributed by atoms with Crippen LogP contribution < -0.4 is 4.74 Å². The van der Waals surface area contributed by atoms with E-state index in [1.54, 1.807) is 11.8 Å². The monoisotopic (exact) mass is 340 g/mol. The Balaban J connectivity index is 1.51. The van der Waals surface area contributed by atoms with E-state index in [0.29, 0.717) is 6.61 Å². The van der Waals surface area contributed by atoms with Crippen molar-refractivity contribution in [3.63, 3.8) is 0 Å². The SMILES string of the molecule is Cc1ccc2nc(SCCOc3ccc(C(C)(C)C)cc3)[nH]c2c1. The summed E-state index contributed by atoms with van der Waals surface area (Å²) in [6.07, 6.45) is 0. The lowest BCUT2D eigenvalue weighted by atomic mass is 9.87. The molecule has 0 bridgehead atoms. The van der Waals surface area contributed by atoms with Crippen LogP contribution in [0.5, 0.6) is 5.75 Å². The molecular weight excluding hydrogens is 316 g/mol. The van der Waals surface area contributed by atoms with Crippen molar-refractivity contribution in [1.29, 1.82) is 0 Å². The van der Waals surface area contributed by atoms with E-state index >= 15 is 0 Å². The second-order valence-electron chi connectivity index (χ2n) is 7.03. The summed E-state index contributed by atoms with van der Waals surface area (Å²) in [5, 5.41) is 0.947. The van der Waals surface area contributed by atoms with Gasteiger partial charge in [-0.15, -0.1) is 0 Å². The first-order valence-electron chi connectivity index (χ1n) is 8.24. The number of aryl methyl sites for hydroxylation is 1. The molecule has 0 aliphatic carbocycles. The smallest absolute Gasteiger partial charge is 0.166 e. The number of fused-ring (bicyclic) bond motifs is 1. The zero-order chi connectivity index (χ0) is 17.2. The molecule has 0 aliphatic rings. The highest BCUT2D eigenvalue weighted by atomic mass is 32.2. The topological polar surface area (TPSA) is 37.9 Å². The molecule has 4 heteroatoms. The molecule has 0 aliphatic heterocycles. The Labute approximate surface area is 147 Å². The number of rotatable bonds is 5. The van der Waals surface area contributed by atoms with Crippen molar-refractivity contribution in [3.8, 4) is 5.75 Å². The third-order valence-corrected chi connectivity index (χ3v) is 4.76. The number of benzene rings is 2. The van der Waals surface area contributed by atoms with Gasteiger partial charge in [0.05, 0.1) is 17.6 Å². The van der Waals surface area contributed by atoms with Gasteiger partial charge in [0.15, 0.2) is 5.16 Å². The molecule has 1 heterocycles. The Morgan fingerprint density at radius 3 is 2.54 bits per heavy atom. The van der Waals surface area contributed by atoms with Crippen molar-refractivity contribution < 1.29 is 4.74 Å². The first-order chi connectivity index (χ1) is 11.4. The van der Waals surface area contributed by atoms with Crippen molar-refractivity contribution >= 4 is 22.8 Å². The number of nitrogens with zero attached hydrogens (tertiary/aromatic N) is 1. The number of aromatic amines is 1. The molecule has 3 nitrogen and oxygen atoms in total. The molecule has 0 saturated heterocycles. The summed E-state index contributed by atoms with van der Waals surface area (Å²) in [5.74, 6) is 1.78. The second kappa shape index (κ2) is 6.89. The van der Waals surface area contributed by atoms with Gasteiger partial charge in [-0.25, -0.2) is 4.98 Å². The summed E-state index contributed by atoms with van der Waals surface area (Å²) in [4.78, 5) is 7.94. The fraction of sp³-hybridized carbons (Fsp3) is 0.350. The molecule has 0 unspecified atom stereocenters. The van der Waals surface area contributed by atoms with Gasteiger partial charge < -0.3 is 9.72 Å². The van der Waals surface area contributed by atoms with Gasteiger partial charge in [-0.3, -0.25) is 0 Å². The highest BCUT2D eigenvalue weighted by Gasteiger charge is 2.12. The van der Waals surface area contributed by atoms with E-state index in [1.807, 2.05) is 0 Å². The molecule has 2 aromatic carbocycles. The Morgan fingerprint density at radius 2 is 1.83 bits per heavy atom. The van der Waals surface area contributed by atoms with Crippen LogP contribution in [0.1, 0.15) is 31.9 Å². The number of hydrogen-bond acceptors (Lipinski definition) is 3. The Kier molecular flexibility index (Phi) is 4.86. The average molecular weight is 340 g/mol. The molecule has 3 rings (SSSR count). The number of ether oxygens (including phenoxy) is 1. The maximum Gasteiger partial charge on any atom is 0.166 e. The van der Waals surface area contributed by atoms with Crippen LogP contribution in [0.2, 0.25) is 0 Å². The van der Waals surface area contributed by atoms with Crippen molar-refractivity contribution in [2.24, 2.45) is 0 Å². The lowest BCUT2D eigenvalue weighted by Crippen LogP contribution is -2.10. The predicted octanol–water partition coefficient (Wildman–Crippen LogP) is 5.34. The van der Waals surface area contributed by atoms with Gasteiger partial charge >= 0.3 is 0 Å². The minimum Gasteiger partial charge on any atom is -0.493 e. The molecule has 1 aromatic heterocycles. The molecule has 0 atom stereocenters. The van der Waals surface area contributed by atoms with Crippen LogP contribution in [-0.4, -0.2) is 22.3 Å². The summed E-state index contributed by atoms with van der Waals surface area (Å²) in [5.41, 5.74) is 4.85. The number of hydrogen-bond donors (Lipinski definition) is 1. The number of thioether (sulfide) groups is 1. The lowest BCUT2D eigenvalue weighted by molar-refractivity contribution is 0.343. The van der Waals surface area contributed by atoms with Crippen LogP contribution in [0.25, 0.3) is 11.0 Å². The second-order valence-corrected chi connectivity index (χ2v) is 8.12. The van der Waals surface area contributed by atoms with E-state index in [1.165, 1.54) is 11.1 Å². The first kappa shape index (κ1) is 16.9. The van der Waals surface area contributed by atoms with Gasteiger partial charge in [-0.1, -0.05) is 50.7 Å². The van der Waals surface area contributed by atoms with Gasteiger partial charge in [-0.2, -0.15) is 0 Å². The number of aromatic nitrogens is 2. The van der Waals surface area contributed by atoms with Gasteiger partial charge in [0.2, 0.25) is 0 Å². The van der Waals surface area contributed by atoms with Crippen LogP contribution >= 0.6 is 11.8 Å². The third kappa shape index (κ3) is 4.12. The summed E-state index contributed by atoms with van der Waals surface area (Å²) in [6, 6.07) is 14.7. The zero-order valence-corrected chi connectivity index (χ0v) is 15.5. The normalized spacial score (nSPS) is 11.8. The van der Waals surface area contributed by atoms with E-state index < -0.39 is 0 Å². The highest BCUT2D eigenvalue weighted by Crippen LogP contribution is 2.25. The maximum absolute atomic E-state index is 5.83. The minimum absolute atomic E-state index is 0.175. The molecule has 126 valence electrons. The number of imidazole rings is 1. The molecule has 0 saturated carbocycles. The quantitative estimate of drug-likeness (QED) is 0.503. The summed E-state index contributed by atoms with van der Waals surface area (Å²) in [6.45, 7) is 9.40. The Morgan fingerprint density at radius 1 is 1.08 bits per heavy atom. The largest absolute Gasteiger partial charge is 0.493 e. The van der Waals surface area contributed by atoms with E-state index in [4.69, 9.17) is 4.74 Å². The van der Waals surface area contributed by atoms with E-state index in [-0.39, 0.29) is 5.41 Å². The zero-order valence-electron chi connectivity index (χ0n) is 14.7. The van der Waals surface area contributed by atoms with Crippen molar-refractivity contribution in [2.75, 3.05) is 12.4 Å². The van der Waals surface area contributed by atoms with Crippen molar-refractivity contribution in [2.45, 2.75) is 38.3 Å². The van der Waals surface area contributed by atoms with E-state index in [9.17, 15) is 0 Å². The average Bonchev–Trinajstić information content (AvgIpc) is 2.93.